The molecule has 0 radical (unpaired) electrons. The normalized spacial score (nSPS) is 10.9. The lowest BCUT2D eigenvalue weighted by molar-refractivity contribution is 0.102. The molecule has 0 bridgehead atoms. The fourth-order valence-electron chi connectivity index (χ4n) is 1.94. The molecule has 0 N–H and O–H groups in total. The van der Waals surface area contributed by atoms with Gasteiger partial charge in [0.25, 0.3) is 11.1 Å². The van der Waals surface area contributed by atoms with Crippen molar-refractivity contribution < 1.29 is 13.6 Å². The molecule has 23 heavy (non-hydrogen) atoms. The predicted molar refractivity (Wildman–Crippen MR) is 86.3 cm³/mol. The van der Waals surface area contributed by atoms with Gasteiger partial charge in [0, 0.05) is 5.56 Å². The summed E-state index contributed by atoms with van der Waals surface area (Å²) in [5.41, 5.74) is 1.29. The number of aryl methyl sites for hydroxylation is 2. The zero-order valence-electron chi connectivity index (χ0n) is 12.4. The maximum atomic E-state index is 12.8. The summed E-state index contributed by atoms with van der Waals surface area (Å²) >= 11 is 2.64. The van der Waals surface area contributed by atoms with E-state index in [0.717, 1.165) is 27.3 Å². The van der Waals surface area contributed by atoms with E-state index in [0.29, 0.717) is 16.7 Å². The first-order valence-corrected chi connectivity index (χ1v) is 8.52. The summed E-state index contributed by atoms with van der Waals surface area (Å²) in [4.78, 5) is 17.2. The smallest absolute Gasteiger partial charge is 0.277 e. The highest BCUT2D eigenvalue weighted by molar-refractivity contribution is 7.99. The zero-order chi connectivity index (χ0) is 16.4. The van der Waals surface area contributed by atoms with Crippen LogP contribution in [-0.2, 0) is 0 Å². The van der Waals surface area contributed by atoms with Crippen molar-refractivity contribution in [1.82, 2.24) is 15.2 Å². The highest BCUT2D eigenvalue weighted by atomic mass is 32.2. The number of halogens is 1. The third-order valence-corrected chi connectivity index (χ3v) is 4.88. The predicted octanol–water partition coefficient (Wildman–Crippen LogP) is 3.92. The van der Waals surface area contributed by atoms with Crippen LogP contribution in [0, 0.1) is 19.7 Å². The SMILES string of the molecule is Cc1nc(C)c(-c2nnc(SCC(=O)c3ccc(F)cc3)o2)s1. The Kier molecular flexibility index (Phi) is 4.53. The summed E-state index contributed by atoms with van der Waals surface area (Å²) in [5, 5.41) is 9.18. The fraction of sp³-hybridized carbons (Fsp3) is 0.200. The average Bonchev–Trinajstić information content (AvgIpc) is 3.11. The number of carbonyl (C=O) groups excluding carboxylic acids is 1. The minimum Gasteiger partial charge on any atom is -0.410 e. The molecule has 2 heterocycles. The summed E-state index contributed by atoms with van der Waals surface area (Å²) in [6.45, 7) is 3.79. The van der Waals surface area contributed by atoms with Crippen molar-refractivity contribution >= 4 is 28.9 Å². The molecule has 0 aliphatic rings. The van der Waals surface area contributed by atoms with Gasteiger partial charge in [0.1, 0.15) is 10.7 Å². The van der Waals surface area contributed by atoms with Crippen LogP contribution in [-0.4, -0.2) is 26.7 Å². The fourth-order valence-corrected chi connectivity index (χ4v) is 3.43. The summed E-state index contributed by atoms with van der Waals surface area (Å²) in [6.07, 6.45) is 0. The highest BCUT2D eigenvalue weighted by Crippen LogP contribution is 2.30. The van der Waals surface area contributed by atoms with E-state index in [1.54, 1.807) is 0 Å². The van der Waals surface area contributed by atoms with Gasteiger partial charge in [0.2, 0.25) is 0 Å². The molecule has 3 rings (SSSR count). The summed E-state index contributed by atoms with van der Waals surface area (Å²) < 4.78 is 18.4. The van der Waals surface area contributed by atoms with Gasteiger partial charge >= 0.3 is 0 Å². The van der Waals surface area contributed by atoms with Crippen LogP contribution in [0.4, 0.5) is 4.39 Å². The number of ketones is 1. The number of hydrogen-bond acceptors (Lipinski definition) is 7. The molecule has 0 amide bonds. The number of benzene rings is 1. The molecule has 0 saturated carbocycles. The van der Waals surface area contributed by atoms with Crippen molar-refractivity contribution in [2.75, 3.05) is 5.75 Å². The van der Waals surface area contributed by atoms with E-state index in [4.69, 9.17) is 4.42 Å². The number of nitrogens with zero attached hydrogens (tertiary/aromatic N) is 3. The Morgan fingerprint density at radius 1 is 1.26 bits per heavy atom. The van der Waals surface area contributed by atoms with Crippen molar-refractivity contribution in [3.8, 4) is 10.8 Å². The minimum absolute atomic E-state index is 0.125. The quantitative estimate of drug-likeness (QED) is 0.514. The first-order chi connectivity index (χ1) is 11.0. The number of aromatic nitrogens is 3. The summed E-state index contributed by atoms with van der Waals surface area (Å²) in [5.74, 6) is 0.0592. The molecular weight excluding hydrogens is 337 g/mol. The Balaban J connectivity index is 1.66. The third kappa shape index (κ3) is 3.65. The molecule has 2 aromatic heterocycles. The van der Waals surface area contributed by atoms with E-state index >= 15 is 0 Å². The Bertz CT molecular complexity index is 843. The number of hydrogen-bond donors (Lipinski definition) is 0. The van der Waals surface area contributed by atoms with Crippen LogP contribution in [0.2, 0.25) is 0 Å². The molecule has 118 valence electrons. The van der Waals surface area contributed by atoms with Gasteiger partial charge < -0.3 is 4.42 Å². The first-order valence-electron chi connectivity index (χ1n) is 6.72. The molecule has 0 saturated heterocycles. The second-order valence-corrected chi connectivity index (χ2v) is 6.87. The van der Waals surface area contributed by atoms with E-state index in [2.05, 4.69) is 15.2 Å². The Morgan fingerprint density at radius 3 is 2.65 bits per heavy atom. The molecule has 8 heteroatoms. The average molecular weight is 349 g/mol. The van der Waals surface area contributed by atoms with Gasteiger partial charge in [-0.15, -0.1) is 21.5 Å². The van der Waals surface area contributed by atoms with Crippen LogP contribution in [0.3, 0.4) is 0 Å². The maximum absolute atomic E-state index is 12.8. The van der Waals surface area contributed by atoms with Gasteiger partial charge in [-0.2, -0.15) is 0 Å². The van der Waals surface area contributed by atoms with E-state index in [1.165, 1.54) is 35.6 Å². The zero-order valence-corrected chi connectivity index (χ0v) is 14.0. The second kappa shape index (κ2) is 6.59. The van der Waals surface area contributed by atoms with Gasteiger partial charge in [-0.3, -0.25) is 4.79 Å². The van der Waals surface area contributed by atoms with Gasteiger partial charge in [-0.05, 0) is 38.1 Å². The number of Topliss-reactive ketones (excluding diaryl/α,β-unsaturated/α-hetero) is 1. The number of thioether (sulfide) groups is 1. The molecule has 5 nitrogen and oxygen atoms in total. The van der Waals surface area contributed by atoms with Gasteiger partial charge in [-0.1, -0.05) is 11.8 Å². The van der Waals surface area contributed by atoms with E-state index in [1.807, 2.05) is 13.8 Å². The van der Waals surface area contributed by atoms with Crippen molar-refractivity contribution in [3.63, 3.8) is 0 Å². The molecule has 0 unspecified atom stereocenters. The maximum Gasteiger partial charge on any atom is 0.277 e. The standard InChI is InChI=1S/C15H12FN3O2S2/c1-8-13(23-9(2)17-8)14-18-19-15(21-14)22-7-12(20)10-3-5-11(16)6-4-10/h3-6H,7H2,1-2H3. The van der Waals surface area contributed by atoms with Gasteiger partial charge in [0.15, 0.2) is 5.78 Å². The highest BCUT2D eigenvalue weighted by Gasteiger charge is 2.16. The largest absolute Gasteiger partial charge is 0.410 e. The summed E-state index contributed by atoms with van der Waals surface area (Å²) in [6, 6.07) is 5.44. The van der Waals surface area contributed by atoms with Crippen LogP contribution < -0.4 is 0 Å². The monoisotopic (exact) mass is 349 g/mol. The van der Waals surface area contributed by atoms with Crippen LogP contribution in [0.1, 0.15) is 21.1 Å². The molecular formula is C15H12FN3O2S2. The third-order valence-electron chi connectivity index (χ3n) is 3.00. The van der Waals surface area contributed by atoms with Crippen molar-refractivity contribution in [1.29, 1.82) is 0 Å². The molecule has 1 aromatic carbocycles. The van der Waals surface area contributed by atoms with E-state index in [9.17, 15) is 9.18 Å². The molecule has 0 spiro atoms. The number of rotatable bonds is 5. The van der Waals surface area contributed by atoms with Crippen LogP contribution >= 0.6 is 23.1 Å². The van der Waals surface area contributed by atoms with Crippen molar-refractivity contribution in [2.24, 2.45) is 0 Å². The molecule has 0 atom stereocenters. The number of carbonyl (C=O) groups is 1. The van der Waals surface area contributed by atoms with Crippen molar-refractivity contribution in [2.45, 2.75) is 19.1 Å². The number of thiazole rings is 1. The Hall–Kier alpha value is -2.06. The topological polar surface area (TPSA) is 68.9 Å². The lowest BCUT2D eigenvalue weighted by Gasteiger charge is -1.98. The molecule has 0 fully saturated rings. The van der Waals surface area contributed by atoms with Crippen LogP contribution in [0.25, 0.3) is 10.8 Å². The molecule has 0 aliphatic carbocycles. The minimum atomic E-state index is -0.369. The Morgan fingerprint density at radius 2 is 2.00 bits per heavy atom. The van der Waals surface area contributed by atoms with Gasteiger partial charge in [0.05, 0.1) is 16.5 Å². The molecule has 0 aliphatic heterocycles. The van der Waals surface area contributed by atoms with E-state index in [-0.39, 0.29) is 17.4 Å². The van der Waals surface area contributed by atoms with E-state index < -0.39 is 0 Å². The first kappa shape index (κ1) is 15.8. The van der Waals surface area contributed by atoms with Crippen LogP contribution in [0.5, 0.6) is 0 Å². The molecule has 3 aromatic rings. The summed E-state index contributed by atoms with van der Waals surface area (Å²) in [7, 11) is 0. The Labute approximate surface area is 140 Å². The lowest BCUT2D eigenvalue weighted by atomic mass is 10.1. The lowest BCUT2D eigenvalue weighted by Crippen LogP contribution is -2.02. The van der Waals surface area contributed by atoms with Crippen molar-refractivity contribution in [3.05, 3.63) is 46.3 Å². The van der Waals surface area contributed by atoms with Gasteiger partial charge in [-0.25, -0.2) is 9.37 Å². The van der Waals surface area contributed by atoms with Crippen LogP contribution in [0.15, 0.2) is 33.9 Å². The second-order valence-electron chi connectivity index (χ2n) is 4.74.